The molecule has 4 aromatic rings. The molecule has 4 nitrogen and oxygen atoms in total. The molecule has 2 fully saturated rings. The molecule has 216 valence electrons. The van der Waals surface area contributed by atoms with Crippen molar-refractivity contribution in [3.05, 3.63) is 155 Å². The second-order valence-electron chi connectivity index (χ2n) is 10.3. The monoisotopic (exact) mass is 576 g/mol. The summed E-state index contributed by atoms with van der Waals surface area (Å²) in [5, 5.41) is 0. The van der Waals surface area contributed by atoms with E-state index in [2.05, 4.69) is 23.7 Å². The van der Waals surface area contributed by atoms with E-state index in [0.29, 0.717) is 0 Å². The van der Waals surface area contributed by atoms with Crippen molar-refractivity contribution in [1.82, 2.24) is 0 Å². The average Bonchev–Trinajstić information content (AvgIpc) is 3.77. The Bertz CT molecular complexity index is 1670. The molecule has 0 aliphatic heterocycles. The lowest BCUT2D eigenvalue weighted by Gasteiger charge is -2.15. The number of allylic oxidation sites excluding steroid dienone is 6. The molecule has 0 spiro atoms. The molecule has 2 aliphatic carbocycles. The Morgan fingerprint density at radius 1 is 0.500 bits per heavy atom. The molecule has 44 heavy (non-hydrogen) atoms. The standard InChI is InChI=1S/2C20H16O2/c2*21-20-17(10-4-9-16-7-2-1-3-8-16)11-5-12-18(20)15-19-13-6-14-22-19/h2*1-3,6-8,10,13-15H,5,11-12H2/b2*17-10+,18-15+. The minimum atomic E-state index is 0.0880. The van der Waals surface area contributed by atoms with Crippen LogP contribution in [0.4, 0.5) is 0 Å². The second kappa shape index (κ2) is 15.6. The largest absolute Gasteiger partial charge is 0.465 e. The van der Waals surface area contributed by atoms with Crippen LogP contribution in [0.5, 0.6) is 0 Å². The average molecular weight is 577 g/mol. The first kappa shape index (κ1) is 29.9. The minimum Gasteiger partial charge on any atom is -0.465 e. The maximum Gasteiger partial charge on any atom is 0.185 e. The topological polar surface area (TPSA) is 60.4 Å². The Morgan fingerprint density at radius 2 is 0.909 bits per heavy atom. The molecule has 0 atom stereocenters. The van der Waals surface area contributed by atoms with Gasteiger partial charge in [0.2, 0.25) is 0 Å². The van der Waals surface area contributed by atoms with Crippen molar-refractivity contribution >= 4 is 23.7 Å². The van der Waals surface area contributed by atoms with Crippen LogP contribution in [0.15, 0.2) is 141 Å². The number of carbonyl (C=O) groups is 2. The number of Topliss-reactive ketones (excluding diaryl/α,β-unsaturated/α-hetero) is 2. The number of carbonyl (C=O) groups excluding carboxylic acids is 2. The van der Waals surface area contributed by atoms with Crippen LogP contribution in [-0.2, 0) is 9.59 Å². The summed E-state index contributed by atoms with van der Waals surface area (Å²) >= 11 is 0. The summed E-state index contributed by atoms with van der Waals surface area (Å²) in [5.41, 5.74) is 5.07. The van der Waals surface area contributed by atoms with Crippen molar-refractivity contribution in [3.8, 4) is 23.7 Å². The third kappa shape index (κ3) is 8.71. The Morgan fingerprint density at radius 3 is 1.30 bits per heavy atom. The molecule has 2 saturated carbocycles. The van der Waals surface area contributed by atoms with E-state index < -0.39 is 0 Å². The van der Waals surface area contributed by atoms with Gasteiger partial charge in [0.1, 0.15) is 11.5 Å². The van der Waals surface area contributed by atoms with Crippen molar-refractivity contribution < 1.29 is 18.4 Å². The summed E-state index contributed by atoms with van der Waals surface area (Å²) in [5.74, 6) is 13.7. The van der Waals surface area contributed by atoms with E-state index in [1.807, 2.05) is 97.1 Å². The highest BCUT2D eigenvalue weighted by molar-refractivity contribution is 6.12. The van der Waals surface area contributed by atoms with Crippen molar-refractivity contribution in [1.29, 1.82) is 0 Å². The van der Waals surface area contributed by atoms with Crippen LogP contribution in [-0.4, -0.2) is 11.6 Å². The van der Waals surface area contributed by atoms with Crippen LogP contribution in [0.1, 0.15) is 61.2 Å². The molecule has 0 N–H and O–H groups in total. The molecule has 0 radical (unpaired) electrons. The number of hydrogen-bond donors (Lipinski definition) is 0. The Hall–Kier alpha value is -5.58. The zero-order valence-electron chi connectivity index (χ0n) is 24.4. The van der Waals surface area contributed by atoms with Crippen LogP contribution >= 0.6 is 0 Å². The van der Waals surface area contributed by atoms with Gasteiger partial charge in [0.05, 0.1) is 12.5 Å². The summed E-state index contributed by atoms with van der Waals surface area (Å²) in [6.45, 7) is 0. The summed E-state index contributed by atoms with van der Waals surface area (Å²) in [4.78, 5) is 24.9. The Balaban J connectivity index is 0.000000175. The molecule has 2 aromatic carbocycles. The van der Waals surface area contributed by atoms with Gasteiger partial charge in [-0.25, -0.2) is 0 Å². The molecule has 4 heteroatoms. The lowest BCUT2D eigenvalue weighted by Crippen LogP contribution is -2.12. The molecule has 2 heterocycles. The van der Waals surface area contributed by atoms with Gasteiger partial charge in [-0.2, -0.15) is 0 Å². The molecule has 6 rings (SSSR count). The Labute approximate surface area is 258 Å². The van der Waals surface area contributed by atoms with Crippen LogP contribution in [0, 0.1) is 23.7 Å². The van der Waals surface area contributed by atoms with Gasteiger partial charge < -0.3 is 8.83 Å². The van der Waals surface area contributed by atoms with Gasteiger partial charge in [-0.1, -0.05) is 60.1 Å². The lowest BCUT2D eigenvalue weighted by atomic mass is 9.88. The molecule has 0 bridgehead atoms. The molecular formula is C40H32O4. The lowest BCUT2D eigenvalue weighted by molar-refractivity contribution is -0.113. The molecular weight excluding hydrogens is 544 g/mol. The summed E-state index contributed by atoms with van der Waals surface area (Å²) in [6.07, 6.45) is 15.5. The number of ketones is 2. The van der Waals surface area contributed by atoms with E-state index in [-0.39, 0.29) is 11.6 Å². The fraction of sp³-hybridized carbons (Fsp3) is 0.150. The molecule has 0 amide bonds. The van der Waals surface area contributed by atoms with E-state index in [1.165, 1.54) is 0 Å². The van der Waals surface area contributed by atoms with E-state index in [0.717, 1.165) is 83.5 Å². The van der Waals surface area contributed by atoms with E-state index in [9.17, 15) is 9.59 Å². The van der Waals surface area contributed by atoms with Gasteiger partial charge in [-0.3, -0.25) is 9.59 Å². The zero-order valence-corrected chi connectivity index (χ0v) is 24.4. The smallest absolute Gasteiger partial charge is 0.185 e. The van der Waals surface area contributed by atoms with Crippen molar-refractivity contribution in [3.63, 3.8) is 0 Å². The molecule has 0 saturated heterocycles. The van der Waals surface area contributed by atoms with Gasteiger partial charge in [-0.15, -0.1) is 0 Å². The van der Waals surface area contributed by atoms with Gasteiger partial charge in [0.15, 0.2) is 11.6 Å². The van der Waals surface area contributed by atoms with E-state index in [4.69, 9.17) is 8.83 Å². The van der Waals surface area contributed by atoms with E-state index in [1.54, 1.807) is 24.7 Å². The van der Waals surface area contributed by atoms with Gasteiger partial charge in [-0.05, 0) is 111 Å². The third-order valence-electron chi connectivity index (χ3n) is 7.14. The van der Waals surface area contributed by atoms with Gasteiger partial charge >= 0.3 is 0 Å². The van der Waals surface area contributed by atoms with Crippen molar-refractivity contribution in [2.24, 2.45) is 0 Å². The first-order chi connectivity index (χ1) is 21.7. The SMILES string of the molecule is O=C1/C(=C/C#Cc2ccccc2)CCC/C1=C\c1ccco1.O=C1/C(=C/C#Cc2ccccc2)CCC/C1=C\c1ccco1. The van der Waals surface area contributed by atoms with Crippen LogP contribution in [0.3, 0.4) is 0 Å². The first-order valence-electron chi connectivity index (χ1n) is 14.7. The van der Waals surface area contributed by atoms with Crippen molar-refractivity contribution in [2.45, 2.75) is 38.5 Å². The maximum absolute atomic E-state index is 12.4. The number of hydrogen-bond acceptors (Lipinski definition) is 4. The van der Waals surface area contributed by atoms with Crippen LogP contribution in [0.2, 0.25) is 0 Å². The number of furan rings is 2. The van der Waals surface area contributed by atoms with Crippen LogP contribution < -0.4 is 0 Å². The summed E-state index contributed by atoms with van der Waals surface area (Å²) < 4.78 is 10.6. The van der Waals surface area contributed by atoms with Gasteiger partial charge in [0.25, 0.3) is 0 Å². The number of rotatable bonds is 2. The summed E-state index contributed by atoms with van der Waals surface area (Å²) in [6, 6.07) is 26.9. The fourth-order valence-electron chi connectivity index (χ4n) is 4.90. The minimum absolute atomic E-state index is 0.0880. The highest BCUT2D eigenvalue weighted by Gasteiger charge is 2.21. The highest BCUT2D eigenvalue weighted by Crippen LogP contribution is 2.27. The zero-order chi connectivity index (χ0) is 30.4. The molecule has 2 aliphatic rings. The predicted octanol–water partition coefficient (Wildman–Crippen LogP) is 8.79. The predicted molar refractivity (Wildman–Crippen MR) is 174 cm³/mol. The second-order valence-corrected chi connectivity index (χ2v) is 10.3. The Kier molecular flexibility index (Phi) is 10.6. The number of benzene rings is 2. The van der Waals surface area contributed by atoms with E-state index >= 15 is 0 Å². The summed E-state index contributed by atoms with van der Waals surface area (Å²) in [7, 11) is 0. The fourth-order valence-corrected chi connectivity index (χ4v) is 4.90. The molecule has 0 unspecified atom stereocenters. The quantitative estimate of drug-likeness (QED) is 0.177. The van der Waals surface area contributed by atoms with Gasteiger partial charge in [0, 0.05) is 33.4 Å². The maximum atomic E-state index is 12.4. The van der Waals surface area contributed by atoms with Crippen molar-refractivity contribution in [2.75, 3.05) is 0 Å². The van der Waals surface area contributed by atoms with Crippen LogP contribution in [0.25, 0.3) is 12.2 Å². The third-order valence-corrected chi connectivity index (χ3v) is 7.14. The first-order valence-corrected chi connectivity index (χ1v) is 14.7. The normalized spacial score (nSPS) is 18.3. The highest BCUT2D eigenvalue weighted by atomic mass is 16.3. The molecule has 2 aromatic heterocycles.